The lowest BCUT2D eigenvalue weighted by Gasteiger charge is -2.49. The third-order valence-electron chi connectivity index (χ3n) is 5.72. The molecule has 1 N–H and O–H groups in total. The SMILES string of the molecule is O=C1CCC2NC3CCC(N4CCSCC4)CC3SC2C1. The van der Waals surface area contributed by atoms with Crippen LogP contribution in [0.15, 0.2) is 0 Å². The van der Waals surface area contributed by atoms with Crippen LogP contribution in [0.1, 0.15) is 38.5 Å². The van der Waals surface area contributed by atoms with E-state index < -0.39 is 0 Å². The molecule has 2 aliphatic heterocycles. The highest BCUT2D eigenvalue weighted by Gasteiger charge is 2.43. The summed E-state index contributed by atoms with van der Waals surface area (Å²) in [6, 6.07) is 2.12. The van der Waals surface area contributed by atoms with E-state index in [1.54, 1.807) is 0 Å². The Labute approximate surface area is 136 Å². The Bertz CT molecular complexity index is 400. The minimum Gasteiger partial charge on any atom is -0.309 e. The van der Waals surface area contributed by atoms with Gasteiger partial charge in [-0.15, -0.1) is 0 Å². The van der Waals surface area contributed by atoms with Crippen molar-refractivity contribution in [1.29, 1.82) is 0 Å². The number of nitrogens with one attached hydrogen (secondary N) is 1. The number of hydrogen-bond acceptors (Lipinski definition) is 5. The highest BCUT2D eigenvalue weighted by molar-refractivity contribution is 8.00. The lowest BCUT2D eigenvalue weighted by atomic mass is 9.86. The molecule has 0 aromatic carbocycles. The van der Waals surface area contributed by atoms with Crippen molar-refractivity contribution in [3.8, 4) is 0 Å². The predicted molar refractivity (Wildman–Crippen MR) is 91.3 cm³/mol. The van der Waals surface area contributed by atoms with Crippen molar-refractivity contribution in [1.82, 2.24) is 10.2 Å². The molecule has 3 nitrogen and oxygen atoms in total. The zero-order valence-corrected chi connectivity index (χ0v) is 14.3. The van der Waals surface area contributed by atoms with Crippen LogP contribution in [0.3, 0.4) is 0 Å². The fourth-order valence-electron chi connectivity index (χ4n) is 4.53. The van der Waals surface area contributed by atoms with Gasteiger partial charge in [0.2, 0.25) is 0 Å². The van der Waals surface area contributed by atoms with E-state index in [4.69, 9.17) is 0 Å². The molecule has 118 valence electrons. The fourth-order valence-corrected chi connectivity index (χ4v) is 7.33. The van der Waals surface area contributed by atoms with Crippen molar-refractivity contribution in [2.45, 2.75) is 67.2 Å². The monoisotopic (exact) mass is 326 g/mol. The van der Waals surface area contributed by atoms with Crippen LogP contribution < -0.4 is 5.32 Å². The van der Waals surface area contributed by atoms with Gasteiger partial charge in [-0.25, -0.2) is 0 Å². The maximum Gasteiger partial charge on any atom is 0.134 e. The lowest BCUT2D eigenvalue weighted by Crippen LogP contribution is -2.59. The summed E-state index contributed by atoms with van der Waals surface area (Å²) in [6.07, 6.45) is 6.74. The number of carbonyl (C=O) groups is 1. The molecule has 0 spiro atoms. The number of fused-ring (bicyclic) bond motifs is 2. The first-order chi connectivity index (χ1) is 10.3. The van der Waals surface area contributed by atoms with Crippen molar-refractivity contribution in [2.75, 3.05) is 24.6 Å². The summed E-state index contributed by atoms with van der Waals surface area (Å²) in [7, 11) is 0. The Balaban J connectivity index is 1.39. The van der Waals surface area contributed by atoms with Gasteiger partial charge in [-0.3, -0.25) is 9.69 Å². The summed E-state index contributed by atoms with van der Waals surface area (Å²) in [5.41, 5.74) is 0. The quantitative estimate of drug-likeness (QED) is 0.798. The number of carbonyl (C=O) groups excluding carboxylic acids is 1. The Hall–Kier alpha value is 0.290. The third kappa shape index (κ3) is 3.17. The second-order valence-electron chi connectivity index (χ2n) is 6.99. The van der Waals surface area contributed by atoms with Gasteiger partial charge < -0.3 is 5.32 Å². The molecule has 2 aliphatic carbocycles. The summed E-state index contributed by atoms with van der Waals surface area (Å²) in [6.45, 7) is 2.57. The molecule has 2 saturated carbocycles. The van der Waals surface area contributed by atoms with Crippen LogP contribution in [0, 0.1) is 0 Å². The van der Waals surface area contributed by atoms with Gasteiger partial charge in [-0.1, -0.05) is 0 Å². The maximum atomic E-state index is 11.7. The third-order valence-corrected chi connectivity index (χ3v) is 8.37. The highest BCUT2D eigenvalue weighted by atomic mass is 32.2. The molecule has 4 rings (SSSR count). The molecule has 2 saturated heterocycles. The Morgan fingerprint density at radius 2 is 1.86 bits per heavy atom. The molecule has 0 radical (unpaired) electrons. The number of thioether (sulfide) groups is 2. The van der Waals surface area contributed by atoms with Crippen molar-refractivity contribution >= 4 is 29.3 Å². The van der Waals surface area contributed by atoms with Crippen molar-refractivity contribution in [3.63, 3.8) is 0 Å². The predicted octanol–water partition coefficient (Wildman–Crippen LogP) is 2.15. The summed E-state index contributed by atoms with van der Waals surface area (Å²) < 4.78 is 0. The molecular formula is C16H26N2OS2. The van der Waals surface area contributed by atoms with Gasteiger partial charge in [0.1, 0.15) is 5.78 Å². The van der Waals surface area contributed by atoms with Gasteiger partial charge in [0, 0.05) is 66.1 Å². The normalized spacial score (nSPS) is 45.0. The molecule has 2 heterocycles. The van der Waals surface area contributed by atoms with Crippen molar-refractivity contribution in [3.05, 3.63) is 0 Å². The van der Waals surface area contributed by atoms with Crippen LogP contribution in [-0.2, 0) is 4.79 Å². The first kappa shape index (κ1) is 14.9. The smallest absolute Gasteiger partial charge is 0.134 e. The van der Waals surface area contributed by atoms with Gasteiger partial charge in [-0.2, -0.15) is 23.5 Å². The molecule has 5 heteroatoms. The van der Waals surface area contributed by atoms with Crippen LogP contribution in [-0.4, -0.2) is 63.9 Å². The molecule has 4 aliphatic rings. The van der Waals surface area contributed by atoms with E-state index in [0.29, 0.717) is 23.1 Å². The maximum absolute atomic E-state index is 11.7. The molecular weight excluding hydrogens is 300 g/mol. The second-order valence-corrected chi connectivity index (χ2v) is 9.70. The fraction of sp³-hybridized carbons (Fsp3) is 0.938. The first-order valence-electron chi connectivity index (χ1n) is 8.54. The summed E-state index contributed by atoms with van der Waals surface area (Å²) in [5.74, 6) is 3.12. The molecule has 0 aromatic rings. The molecule has 0 bridgehead atoms. The van der Waals surface area contributed by atoms with Crippen molar-refractivity contribution < 1.29 is 4.79 Å². The van der Waals surface area contributed by atoms with E-state index in [9.17, 15) is 4.79 Å². The Morgan fingerprint density at radius 1 is 1.05 bits per heavy atom. The lowest BCUT2D eigenvalue weighted by molar-refractivity contribution is -0.120. The van der Waals surface area contributed by atoms with E-state index in [1.807, 2.05) is 0 Å². The molecule has 0 amide bonds. The standard InChI is InChI=1S/C16H26N2OS2/c19-12-2-4-14-16(10-12)21-15-9-11(1-3-13(15)17-14)18-5-7-20-8-6-18/h11,13-17H,1-10H2. The highest BCUT2D eigenvalue weighted by Crippen LogP contribution is 2.42. The van der Waals surface area contributed by atoms with Gasteiger partial charge in [0.25, 0.3) is 0 Å². The van der Waals surface area contributed by atoms with Crippen LogP contribution in [0.4, 0.5) is 0 Å². The average molecular weight is 327 g/mol. The molecule has 5 unspecified atom stereocenters. The van der Waals surface area contributed by atoms with Gasteiger partial charge in [-0.05, 0) is 25.7 Å². The number of nitrogens with zero attached hydrogens (tertiary/aromatic N) is 1. The number of Topliss-reactive ketones (excluding diaryl/α,β-unsaturated/α-hetero) is 1. The Kier molecular flexibility index (Phi) is 4.54. The summed E-state index contributed by atoms with van der Waals surface area (Å²) >= 11 is 4.26. The van der Waals surface area contributed by atoms with Gasteiger partial charge in [0.15, 0.2) is 0 Å². The minimum atomic E-state index is 0.490. The number of rotatable bonds is 1. The molecule has 21 heavy (non-hydrogen) atoms. The summed E-state index contributed by atoms with van der Waals surface area (Å²) in [4.78, 5) is 14.5. The van der Waals surface area contributed by atoms with E-state index in [0.717, 1.165) is 30.6 Å². The van der Waals surface area contributed by atoms with Crippen LogP contribution in [0.2, 0.25) is 0 Å². The van der Waals surface area contributed by atoms with Crippen molar-refractivity contribution in [2.24, 2.45) is 0 Å². The van der Waals surface area contributed by atoms with E-state index >= 15 is 0 Å². The van der Waals surface area contributed by atoms with Gasteiger partial charge >= 0.3 is 0 Å². The molecule has 0 aromatic heterocycles. The molecule has 5 atom stereocenters. The topological polar surface area (TPSA) is 32.3 Å². The van der Waals surface area contributed by atoms with Crippen LogP contribution in [0.5, 0.6) is 0 Å². The van der Waals surface area contributed by atoms with E-state index in [2.05, 4.69) is 33.7 Å². The van der Waals surface area contributed by atoms with E-state index in [-0.39, 0.29) is 0 Å². The minimum absolute atomic E-state index is 0.490. The van der Waals surface area contributed by atoms with Crippen LogP contribution in [0.25, 0.3) is 0 Å². The largest absolute Gasteiger partial charge is 0.309 e. The van der Waals surface area contributed by atoms with Crippen LogP contribution >= 0.6 is 23.5 Å². The first-order valence-corrected chi connectivity index (χ1v) is 10.6. The number of hydrogen-bond donors (Lipinski definition) is 1. The van der Waals surface area contributed by atoms with Gasteiger partial charge in [0.05, 0.1) is 0 Å². The second kappa shape index (κ2) is 6.42. The summed E-state index contributed by atoms with van der Waals surface area (Å²) in [5, 5.41) is 5.21. The Morgan fingerprint density at radius 3 is 2.71 bits per heavy atom. The zero-order valence-electron chi connectivity index (χ0n) is 12.6. The molecule has 4 fully saturated rings. The average Bonchev–Trinajstić information content (AvgIpc) is 2.53. The van der Waals surface area contributed by atoms with E-state index in [1.165, 1.54) is 43.9 Å². The number of ketones is 1. The zero-order chi connectivity index (χ0) is 14.2.